The molecule has 0 aromatic heterocycles. The Labute approximate surface area is 151 Å². The van der Waals surface area contributed by atoms with Gasteiger partial charge in [0.15, 0.2) is 11.5 Å². The molecule has 0 aliphatic carbocycles. The molecule has 0 spiro atoms. The van der Waals surface area contributed by atoms with Crippen LogP contribution in [0.25, 0.3) is 6.08 Å². The number of methoxy groups -OCH3 is 1. The van der Waals surface area contributed by atoms with Crippen molar-refractivity contribution in [1.82, 2.24) is 4.90 Å². The van der Waals surface area contributed by atoms with E-state index in [9.17, 15) is 0 Å². The highest BCUT2D eigenvalue weighted by atomic mass is 16.5. The lowest BCUT2D eigenvalue weighted by molar-refractivity contribution is -0.0734. The molecular formula is C20H31NO4. The van der Waals surface area contributed by atoms with Crippen LogP contribution in [-0.2, 0) is 9.47 Å². The van der Waals surface area contributed by atoms with E-state index >= 15 is 0 Å². The summed E-state index contributed by atoms with van der Waals surface area (Å²) in [5.74, 6) is 1.49. The van der Waals surface area contributed by atoms with Crippen molar-refractivity contribution in [3.8, 4) is 11.5 Å². The molecule has 0 N–H and O–H groups in total. The van der Waals surface area contributed by atoms with Crippen molar-refractivity contribution in [3.05, 3.63) is 29.8 Å². The lowest BCUT2D eigenvalue weighted by Gasteiger charge is -2.35. The minimum absolute atomic E-state index is 0.296. The summed E-state index contributed by atoms with van der Waals surface area (Å²) in [6.45, 7) is 10.9. The first-order valence-electron chi connectivity index (χ1n) is 9.01. The fraction of sp³-hybridized carbons (Fsp3) is 0.600. The van der Waals surface area contributed by atoms with Gasteiger partial charge in [-0.3, -0.25) is 4.90 Å². The van der Waals surface area contributed by atoms with Gasteiger partial charge in [-0.15, -0.1) is 0 Å². The Morgan fingerprint density at radius 2 is 1.88 bits per heavy atom. The molecule has 1 aliphatic rings. The maximum Gasteiger partial charge on any atom is 0.161 e. The van der Waals surface area contributed by atoms with Crippen LogP contribution in [0.15, 0.2) is 24.3 Å². The van der Waals surface area contributed by atoms with Crippen LogP contribution in [0, 0.1) is 0 Å². The van der Waals surface area contributed by atoms with Crippen LogP contribution in [0.4, 0.5) is 0 Å². The molecule has 0 saturated carbocycles. The molecule has 1 saturated heterocycles. The third kappa shape index (κ3) is 6.69. The molecule has 0 unspecified atom stereocenters. The smallest absolute Gasteiger partial charge is 0.161 e. The third-order valence-electron chi connectivity index (χ3n) is 4.08. The van der Waals surface area contributed by atoms with E-state index < -0.39 is 0 Å². The molecule has 0 amide bonds. The molecule has 1 fully saturated rings. The van der Waals surface area contributed by atoms with Gasteiger partial charge in [0.05, 0.1) is 32.5 Å². The average Bonchev–Trinajstić information content (AvgIpc) is 2.58. The molecule has 140 valence electrons. The normalized spacial score (nSPS) is 21.6. The quantitative estimate of drug-likeness (QED) is 0.640. The summed E-state index contributed by atoms with van der Waals surface area (Å²) in [6, 6.07) is 5.92. The van der Waals surface area contributed by atoms with Gasteiger partial charge in [0.1, 0.15) is 6.61 Å². The van der Waals surface area contributed by atoms with E-state index in [1.54, 1.807) is 7.11 Å². The van der Waals surface area contributed by atoms with Crippen LogP contribution in [0.5, 0.6) is 11.5 Å². The topological polar surface area (TPSA) is 40.2 Å². The standard InChI is InChI=1S/C20H31NO4/c1-5-6-18-7-8-19(20(13-18)22-4)24-12-11-23-10-9-21-14-16(2)25-17(3)15-21/h5-8,13,16-17H,9-12,14-15H2,1-4H3/b6-5+/t16-,17-/m0/s1. The molecule has 25 heavy (non-hydrogen) atoms. The Morgan fingerprint density at radius 3 is 2.56 bits per heavy atom. The van der Waals surface area contributed by atoms with Crippen molar-refractivity contribution in [2.24, 2.45) is 0 Å². The second kappa shape index (κ2) is 10.4. The Hall–Kier alpha value is -1.56. The van der Waals surface area contributed by atoms with Crippen LogP contribution in [-0.4, -0.2) is 63.7 Å². The monoisotopic (exact) mass is 349 g/mol. The van der Waals surface area contributed by atoms with Crippen molar-refractivity contribution in [2.75, 3.05) is 46.6 Å². The van der Waals surface area contributed by atoms with Crippen LogP contribution < -0.4 is 9.47 Å². The van der Waals surface area contributed by atoms with E-state index in [1.807, 2.05) is 37.3 Å². The number of ether oxygens (including phenoxy) is 4. The van der Waals surface area contributed by atoms with Crippen molar-refractivity contribution >= 4 is 6.08 Å². The maximum atomic E-state index is 5.78. The van der Waals surface area contributed by atoms with Crippen LogP contribution in [0.1, 0.15) is 26.3 Å². The van der Waals surface area contributed by atoms with Crippen LogP contribution in [0.3, 0.4) is 0 Å². The van der Waals surface area contributed by atoms with Crippen molar-refractivity contribution in [1.29, 1.82) is 0 Å². The molecular weight excluding hydrogens is 318 g/mol. The van der Waals surface area contributed by atoms with E-state index in [-0.39, 0.29) is 0 Å². The summed E-state index contributed by atoms with van der Waals surface area (Å²) >= 11 is 0. The zero-order chi connectivity index (χ0) is 18.1. The summed E-state index contributed by atoms with van der Waals surface area (Å²) in [6.07, 6.45) is 4.62. The summed E-state index contributed by atoms with van der Waals surface area (Å²) in [4.78, 5) is 2.39. The Balaban J connectivity index is 1.66. The fourth-order valence-electron chi connectivity index (χ4n) is 3.07. The predicted molar refractivity (Wildman–Crippen MR) is 100 cm³/mol. The minimum atomic E-state index is 0.296. The summed E-state index contributed by atoms with van der Waals surface area (Å²) < 4.78 is 22.6. The zero-order valence-corrected chi connectivity index (χ0v) is 15.9. The predicted octanol–water partition coefficient (Wildman–Crippen LogP) is 3.23. The molecule has 2 rings (SSSR count). The van der Waals surface area contributed by atoms with E-state index in [1.165, 1.54) is 0 Å². The van der Waals surface area contributed by atoms with Crippen LogP contribution in [0.2, 0.25) is 0 Å². The molecule has 5 heteroatoms. The second-order valence-corrected chi connectivity index (χ2v) is 6.39. The average molecular weight is 349 g/mol. The van der Waals surface area contributed by atoms with E-state index in [0.717, 1.165) is 36.7 Å². The van der Waals surface area contributed by atoms with E-state index in [2.05, 4.69) is 18.7 Å². The van der Waals surface area contributed by atoms with Gasteiger partial charge in [-0.1, -0.05) is 18.2 Å². The van der Waals surface area contributed by atoms with Crippen molar-refractivity contribution < 1.29 is 18.9 Å². The summed E-state index contributed by atoms with van der Waals surface area (Å²) in [5, 5.41) is 0. The molecule has 2 atom stereocenters. The first kappa shape index (κ1) is 19.8. The van der Waals surface area contributed by atoms with Gasteiger partial charge in [0, 0.05) is 19.6 Å². The SMILES string of the molecule is C/C=C/c1ccc(OCCOCCN2C[C@H](C)O[C@@H](C)C2)c(OC)c1. The van der Waals surface area contributed by atoms with Gasteiger partial charge in [-0.25, -0.2) is 0 Å². The van der Waals surface area contributed by atoms with Gasteiger partial charge in [0.25, 0.3) is 0 Å². The lowest BCUT2D eigenvalue weighted by Crippen LogP contribution is -2.46. The molecule has 1 heterocycles. The van der Waals surface area contributed by atoms with Gasteiger partial charge in [-0.05, 0) is 38.5 Å². The van der Waals surface area contributed by atoms with Gasteiger partial charge >= 0.3 is 0 Å². The second-order valence-electron chi connectivity index (χ2n) is 6.39. The van der Waals surface area contributed by atoms with Gasteiger partial charge in [-0.2, -0.15) is 0 Å². The number of hydrogen-bond donors (Lipinski definition) is 0. The third-order valence-corrected chi connectivity index (χ3v) is 4.08. The molecule has 5 nitrogen and oxygen atoms in total. The molecule has 0 radical (unpaired) electrons. The Morgan fingerprint density at radius 1 is 1.12 bits per heavy atom. The summed E-state index contributed by atoms with van der Waals surface area (Å²) in [7, 11) is 1.66. The van der Waals surface area contributed by atoms with E-state index in [0.29, 0.717) is 32.0 Å². The highest BCUT2D eigenvalue weighted by molar-refractivity contribution is 5.55. The fourth-order valence-corrected chi connectivity index (χ4v) is 3.07. The number of allylic oxidation sites excluding steroid dienone is 1. The first-order chi connectivity index (χ1) is 12.1. The lowest BCUT2D eigenvalue weighted by atomic mass is 10.2. The Bertz CT molecular complexity index is 536. The Kier molecular flexibility index (Phi) is 8.25. The molecule has 0 bridgehead atoms. The molecule has 1 aromatic rings. The van der Waals surface area contributed by atoms with Gasteiger partial charge < -0.3 is 18.9 Å². The number of nitrogens with zero attached hydrogens (tertiary/aromatic N) is 1. The number of hydrogen-bond acceptors (Lipinski definition) is 5. The summed E-state index contributed by atoms with van der Waals surface area (Å²) in [5.41, 5.74) is 1.09. The largest absolute Gasteiger partial charge is 0.493 e. The van der Waals surface area contributed by atoms with Crippen molar-refractivity contribution in [2.45, 2.75) is 33.0 Å². The van der Waals surface area contributed by atoms with Gasteiger partial charge in [0.2, 0.25) is 0 Å². The number of benzene rings is 1. The minimum Gasteiger partial charge on any atom is -0.493 e. The highest BCUT2D eigenvalue weighted by Crippen LogP contribution is 2.28. The number of rotatable bonds is 9. The van der Waals surface area contributed by atoms with Crippen LogP contribution >= 0.6 is 0 Å². The first-order valence-corrected chi connectivity index (χ1v) is 9.01. The zero-order valence-electron chi connectivity index (χ0n) is 15.9. The maximum absolute atomic E-state index is 5.78. The highest BCUT2D eigenvalue weighted by Gasteiger charge is 2.21. The van der Waals surface area contributed by atoms with Crippen molar-refractivity contribution in [3.63, 3.8) is 0 Å². The molecule has 1 aromatic carbocycles. The molecule has 1 aliphatic heterocycles. The van der Waals surface area contributed by atoms with E-state index in [4.69, 9.17) is 18.9 Å². The number of morpholine rings is 1.